The number of rotatable bonds is 5. The molecule has 0 aliphatic heterocycles. The van der Waals surface area contributed by atoms with E-state index in [0.717, 1.165) is 17.3 Å². The van der Waals surface area contributed by atoms with Gasteiger partial charge in [0.25, 0.3) is 0 Å². The smallest absolute Gasteiger partial charge is 0.165 e. The van der Waals surface area contributed by atoms with Crippen molar-refractivity contribution >= 4 is 15.9 Å². The molecule has 0 amide bonds. The van der Waals surface area contributed by atoms with Crippen LogP contribution in [0.15, 0.2) is 22.7 Å². The zero-order chi connectivity index (χ0) is 11.3. The van der Waals surface area contributed by atoms with Gasteiger partial charge in [0.1, 0.15) is 6.10 Å². The van der Waals surface area contributed by atoms with Crippen molar-refractivity contribution in [3.05, 3.63) is 28.5 Å². The molecule has 0 aliphatic rings. The third-order valence-corrected chi connectivity index (χ3v) is 2.55. The quantitative estimate of drug-likeness (QED) is 0.896. The van der Waals surface area contributed by atoms with Crippen molar-refractivity contribution in [2.24, 2.45) is 5.73 Å². The van der Waals surface area contributed by atoms with E-state index in [4.69, 9.17) is 10.5 Å². The second-order valence-corrected chi connectivity index (χ2v) is 4.25. The Kier molecular flexibility index (Phi) is 5.05. The van der Waals surface area contributed by atoms with Crippen molar-refractivity contribution in [1.82, 2.24) is 0 Å². The summed E-state index contributed by atoms with van der Waals surface area (Å²) in [6, 6.07) is 4.63. The van der Waals surface area contributed by atoms with Gasteiger partial charge in [-0.05, 0) is 24.6 Å². The SMILES string of the molecule is CCCC(CN)Oc1cc(Br)ccc1F. The van der Waals surface area contributed by atoms with E-state index < -0.39 is 0 Å². The first kappa shape index (κ1) is 12.5. The molecule has 2 N–H and O–H groups in total. The Bertz CT molecular complexity index is 319. The highest BCUT2D eigenvalue weighted by atomic mass is 79.9. The lowest BCUT2D eigenvalue weighted by molar-refractivity contribution is 0.189. The van der Waals surface area contributed by atoms with Crippen LogP contribution in [-0.4, -0.2) is 12.6 Å². The van der Waals surface area contributed by atoms with E-state index in [1.165, 1.54) is 6.07 Å². The van der Waals surface area contributed by atoms with Gasteiger partial charge in [-0.1, -0.05) is 29.3 Å². The largest absolute Gasteiger partial charge is 0.486 e. The number of benzene rings is 1. The summed E-state index contributed by atoms with van der Waals surface area (Å²) in [6.07, 6.45) is 1.69. The van der Waals surface area contributed by atoms with Gasteiger partial charge < -0.3 is 10.5 Å². The summed E-state index contributed by atoms with van der Waals surface area (Å²) < 4.78 is 19.6. The summed E-state index contributed by atoms with van der Waals surface area (Å²) in [5.41, 5.74) is 5.54. The van der Waals surface area contributed by atoms with Gasteiger partial charge in [0.15, 0.2) is 11.6 Å². The fourth-order valence-electron chi connectivity index (χ4n) is 1.29. The monoisotopic (exact) mass is 275 g/mol. The van der Waals surface area contributed by atoms with Crippen molar-refractivity contribution in [2.75, 3.05) is 6.54 Å². The van der Waals surface area contributed by atoms with Crippen molar-refractivity contribution in [2.45, 2.75) is 25.9 Å². The minimum absolute atomic E-state index is 0.112. The van der Waals surface area contributed by atoms with Gasteiger partial charge in [0, 0.05) is 11.0 Å². The summed E-state index contributed by atoms with van der Waals surface area (Å²) in [4.78, 5) is 0. The number of halogens is 2. The molecule has 0 spiro atoms. The van der Waals surface area contributed by atoms with Crippen LogP contribution in [0, 0.1) is 5.82 Å². The molecule has 0 saturated carbocycles. The minimum atomic E-state index is -0.354. The zero-order valence-electron chi connectivity index (χ0n) is 8.67. The number of hydrogen-bond donors (Lipinski definition) is 1. The first-order valence-corrected chi connectivity index (χ1v) is 5.78. The lowest BCUT2D eigenvalue weighted by Crippen LogP contribution is -2.26. The van der Waals surface area contributed by atoms with E-state index in [-0.39, 0.29) is 17.7 Å². The number of nitrogens with two attached hydrogens (primary N) is 1. The fraction of sp³-hybridized carbons (Fsp3) is 0.455. The van der Waals surface area contributed by atoms with Crippen LogP contribution in [-0.2, 0) is 0 Å². The Balaban J connectivity index is 2.73. The van der Waals surface area contributed by atoms with Gasteiger partial charge in [-0.15, -0.1) is 0 Å². The molecule has 0 aromatic heterocycles. The maximum absolute atomic E-state index is 13.3. The van der Waals surface area contributed by atoms with Crippen molar-refractivity contribution < 1.29 is 9.13 Å². The van der Waals surface area contributed by atoms with Crippen LogP contribution < -0.4 is 10.5 Å². The molecule has 15 heavy (non-hydrogen) atoms. The van der Waals surface area contributed by atoms with Crippen LogP contribution in [0.3, 0.4) is 0 Å². The Morgan fingerprint density at radius 1 is 1.53 bits per heavy atom. The van der Waals surface area contributed by atoms with Gasteiger partial charge in [0.05, 0.1) is 0 Å². The van der Waals surface area contributed by atoms with Gasteiger partial charge in [-0.25, -0.2) is 4.39 Å². The number of ether oxygens (including phenoxy) is 1. The molecule has 0 fully saturated rings. The third-order valence-electron chi connectivity index (χ3n) is 2.06. The topological polar surface area (TPSA) is 35.2 Å². The van der Waals surface area contributed by atoms with Crippen molar-refractivity contribution in [3.63, 3.8) is 0 Å². The average Bonchev–Trinajstić information content (AvgIpc) is 2.22. The molecule has 84 valence electrons. The van der Waals surface area contributed by atoms with E-state index in [0.29, 0.717) is 6.54 Å². The molecular formula is C11H15BrFNO. The summed E-state index contributed by atoms with van der Waals surface area (Å²) >= 11 is 3.27. The summed E-state index contributed by atoms with van der Waals surface area (Å²) in [5.74, 6) is -0.0963. The second-order valence-electron chi connectivity index (χ2n) is 3.34. The van der Waals surface area contributed by atoms with Crippen LogP contribution in [0.1, 0.15) is 19.8 Å². The van der Waals surface area contributed by atoms with Gasteiger partial charge in [0.2, 0.25) is 0 Å². The molecule has 1 rings (SSSR count). The lowest BCUT2D eigenvalue weighted by atomic mass is 10.2. The highest BCUT2D eigenvalue weighted by molar-refractivity contribution is 9.10. The predicted molar refractivity (Wildman–Crippen MR) is 62.5 cm³/mol. The summed E-state index contributed by atoms with van der Waals surface area (Å²) in [7, 11) is 0. The molecule has 0 aliphatic carbocycles. The van der Waals surface area contributed by atoms with E-state index in [1.807, 2.05) is 6.92 Å². The Morgan fingerprint density at radius 3 is 2.87 bits per heavy atom. The zero-order valence-corrected chi connectivity index (χ0v) is 10.3. The molecular weight excluding hydrogens is 261 g/mol. The standard InChI is InChI=1S/C11H15BrFNO/c1-2-3-9(7-14)15-11-6-8(12)4-5-10(11)13/h4-6,9H,2-3,7,14H2,1H3. The first-order chi connectivity index (χ1) is 7.17. The Hall–Kier alpha value is -0.610. The van der Waals surface area contributed by atoms with Crippen LogP contribution in [0.4, 0.5) is 4.39 Å². The fourth-order valence-corrected chi connectivity index (χ4v) is 1.63. The normalized spacial score (nSPS) is 12.5. The summed E-state index contributed by atoms with van der Waals surface area (Å²) in [5, 5.41) is 0. The van der Waals surface area contributed by atoms with E-state index in [1.54, 1.807) is 12.1 Å². The Morgan fingerprint density at radius 2 is 2.27 bits per heavy atom. The van der Waals surface area contributed by atoms with Crippen molar-refractivity contribution in [1.29, 1.82) is 0 Å². The van der Waals surface area contributed by atoms with Crippen LogP contribution in [0.2, 0.25) is 0 Å². The maximum Gasteiger partial charge on any atom is 0.165 e. The molecule has 1 aromatic carbocycles. The lowest BCUT2D eigenvalue weighted by Gasteiger charge is -2.17. The molecule has 1 aromatic rings. The first-order valence-electron chi connectivity index (χ1n) is 4.99. The molecule has 1 unspecified atom stereocenters. The molecule has 2 nitrogen and oxygen atoms in total. The molecule has 0 saturated heterocycles. The van der Waals surface area contributed by atoms with Crippen LogP contribution >= 0.6 is 15.9 Å². The average molecular weight is 276 g/mol. The number of hydrogen-bond acceptors (Lipinski definition) is 2. The third kappa shape index (κ3) is 3.80. The van der Waals surface area contributed by atoms with Crippen LogP contribution in [0.25, 0.3) is 0 Å². The van der Waals surface area contributed by atoms with E-state index in [2.05, 4.69) is 15.9 Å². The maximum atomic E-state index is 13.3. The molecule has 1 atom stereocenters. The van der Waals surface area contributed by atoms with Gasteiger partial charge >= 0.3 is 0 Å². The van der Waals surface area contributed by atoms with Crippen molar-refractivity contribution in [3.8, 4) is 5.75 Å². The predicted octanol–water partition coefficient (Wildman–Crippen LogP) is 3.09. The molecule has 0 radical (unpaired) electrons. The molecule has 0 heterocycles. The Labute approximate surface area is 97.7 Å². The minimum Gasteiger partial charge on any atom is -0.486 e. The van der Waals surface area contributed by atoms with Gasteiger partial charge in [-0.3, -0.25) is 0 Å². The van der Waals surface area contributed by atoms with Gasteiger partial charge in [-0.2, -0.15) is 0 Å². The molecule has 4 heteroatoms. The van der Waals surface area contributed by atoms with Crippen LogP contribution in [0.5, 0.6) is 5.75 Å². The second kappa shape index (κ2) is 6.08. The van der Waals surface area contributed by atoms with E-state index in [9.17, 15) is 4.39 Å². The van der Waals surface area contributed by atoms with E-state index >= 15 is 0 Å². The summed E-state index contributed by atoms with van der Waals surface area (Å²) in [6.45, 7) is 2.45. The highest BCUT2D eigenvalue weighted by Gasteiger charge is 2.10. The highest BCUT2D eigenvalue weighted by Crippen LogP contribution is 2.23. The molecule has 0 bridgehead atoms.